The smallest absolute Gasteiger partial charge is 0.370 e. The predicted octanol–water partition coefficient (Wildman–Crippen LogP) is 3.51. The number of pyridine rings is 1. The van der Waals surface area contributed by atoms with Crippen LogP contribution in [-0.4, -0.2) is 36.1 Å². The van der Waals surface area contributed by atoms with Gasteiger partial charge in [0.05, 0.1) is 5.56 Å². The fourth-order valence-electron chi connectivity index (χ4n) is 2.37. The van der Waals surface area contributed by atoms with Crippen LogP contribution in [0, 0.1) is 5.92 Å². The minimum absolute atomic E-state index is 0.149. The van der Waals surface area contributed by atoms with Crippen molar-refractivity contribution >= 4 is 17.4 Å². The zero-order valence-corrected chi connectivity index (χ0v) is 11.9. The highest BCUT2D eigenvalue weighted by molar-refractivity contribution is 6.29. The Morgan fingerprint density at radius 3 is 2.80 bits per heavy atom. The summed E-state index contributed by atoms with van der Waals surface area (Å²) < 4.78 is 38.0. The molecular formula is C13H17ClF3N3. The van der Waals surface area contributed by atoms with Crippen LogP contribution in [0.4, 0.5) is 19.0 Å². The molecule has 2 heterocycles. The molecule has 1 aromatic rings. The summed E-state index contributed by atoms with van der Waals surface area (Å²) in [6.07, 6.45) is -3.36. The first-order chi connectivity index (χ1) is 9.38. The maximum Gasteiger partial charge on any atom is 0.416 e. The summed E-state index contributed by atoms with van der Waals surface area (Å²) in [4.78, 5) is 6.21. The fraction of sp³-hybridized carbons (Fsp3) is 0.615. The molecule has 0 aliphatic carbocycles. The van der Waals surface area contributed by atoms with Gasteiger partial charge in [0, 0.05) is 13.1 Å². The van der Waals surface area contributed by atoms with Crippen molar-refractivity contribution in [3.8, 4) is 0 Å². The number of hydrogen-bond donors (Lipinski definition) is 1. The van der Waals surface area contributed by atoms with Crippen molar-refractivity contribution in [2.45, 2.75) is 19.5 Å². The van der Waals surface area contributed by atoms with E-state index in [0.29, 0.717) is 12.5 Å². The summed E-state index contributed by atoms with van der Waals surface area (Å²) in [7, 11) is 0. The van der Waals surface area contributed by atoms with Gasteiger partial charge in [-0.15, -0.1) is 0 Å². The van der Waals surface area contributed by atoms with Crippen LogP contribution in [0.1, 0.15) is 18.9 Å². The molecule has 112 valence electrons. The van der Waals surface area contributed by atoms with Crippen LogP contribution >= 0.6 is 11.6 Å². The number of hydrogen-bond acceptors (Lipinski definition) is 3. The second kappa shape index (κ2) is 6.18. The van der Waals surface area contributed by atoms with E-state index in [9.17, 15) is 13.2 Å². The van der Waals surface area contributed by atoms with Crippen molar-refractivity contribution in [2.75, 3.05) is 31.5 Å². The molecule has 2 rings (SSSR count). The van der Waals surface area contributed by atoms with Crippen molar-refractivity contribution in [2.24, 2.45) is 5.92 Å². The molecule has 0 spiro atoms. The summed E-state index contributed by atoms with van der Waals surface area (Å²) >= 11 is 5.64. The van der Waals surface area contributed by atoms with E-state index in [4.69, 9.17) is 11.6 Å². The Hall–Kier alpha value is -1.01. The molecular weight excluding hydrogens is 291 g/mol. The number of rotatable bonds is 4. The largest absolute Gasteiger partial charge is 0.416 e. The maximum absolute atomic E-state index is 12.7. The molecule has 1 unspecified atom stereocenters. The van der Waals surface area contributed by atoms with E-state index >= 15 is 0 Å². The summed E-state index contributed by atoms with van der Waals surface area (Å²) in [6.45, 7) is 5.73. The van der Waals surface area contributed by atoms with Gasteiger partial charge >= 0.3 is 6.18 Å². The topological polar surface area (TPSA) is 28.2 Å². The summed E-state index contributed by atoms with van der Waals surface area (Å²) in [5.41, 5.74) is -0.776. The molecule has 1 N–H and O–H groups in total. The lowest BCUT2D eigenvalue weighted by Crippen LogP contribution is -2.22. The van der Waals surface area contributed by atoms with Gasteiger partial charge in [-0.1, -0.05) is 18.5 Å². The zero-order chi connectivity index (χ0) is 14.8. The first-order valence-electron chi connectivity index (χ1n) is 6.59. The fourth-order valence-corrected chi connectivity index (χ4v) is 2.58. The molecule has 1 aliphatic heterocycles. The van der Waals surface area contributed by atoms with Crippen molar-refractivity contribution in [1.29, 1.82) is 0 Å². The van der Waals surface area contributed by atoms with E-state index < -0.39 is 11.7 Å². The summed E-state index contributed by atoms with van der Waals surface area (Å²) in [5, 5.41) is 2.81. The van der Waals surface area contributed by atoms with Gasteiger partial charge in [-0.3, -0.25) is 0 Å². The Morgan fingerprint density at radius 1 is 1.45 bits per heavy atom. The number of halogens is 4. The summed E-state index contributed by atoms with van der Waals surface area (Å²) in [6, 6.07) is 1.83. The average molecular weight is 308 g/mol. The first kappa shape index (κ1) is 15.4. The molecule has 1 aliphatic rings. The molecule has 1 atom stereocenters. The Balaban J connectivity index is 1.98. The Bertz CT molecular complexity index is 465. The van der Waals surface area contributed by atoms with E-state index in [1.165, 1.54) is 0 Å². The highest BCUT2D eigenvalue weighted by Crippen LogP contribution is 2.32. The summed E-state index contributed by atoms with van der Waals surface area (Å²) in [5.74, 6) is 0.616. The van der Waals surface area contributed by atoms with Crippen LogP contribution in [0.2, 0.25) is 5.15 Å². The monoisotopic (exact) mass is 307 g/mol. The van der Waals surface area contributed by atoms with Crippen LogP contribution in [0.15, 0.2) is 12.1 Å². The highest BCUT2D eigenvalue weighted by atomic mass is 35.5. The number of nitrogens with one attached hydrogen (secondary N) is 1. The Morgan fingerprint density at radius 2 is 2.20 bits per heavy atom. The average Bonchev–Trinajstić information content (AvgIpc) is 2.82. The zero-order valence-electron chi connectivity index (χ0n) is 11.2. The molecule has 20 heavy (non-hydrogen) atoms. The van der Waals surface area contributed by atoms with Gasteiger partial charge in [-0.05, 0) is 37.6 Å². The van der Waals surface area contributed by atoms with Crippen molar-refractivity contribution in [3.05, 3.63) is 22.8 Å². The Labute approximate surface area is 121 Å². The molecule has 1 aromatic heterocycles. The molecule has 0 bridgehead atoms. The van der Waals surface area contributed by atoms with Crippen LogP contribution in [0.5, 0.6) is 0 Å². The third kappa shape index (κ3) is 3.99. The van der Waals surface area contributed by atoms with Crippen LogP contribution in [0.25, 0.3) is 0 Å². The number of likely N-dealkylation sites (tertiary alicyclic amines) is 1. The van der Waals surface area contributed by atoms with Gasteiger partial charge in [0.25, 0.3) is 0 Å². The second-order valence-corrected chi connectivity index (χ2v) is 5.38. The van der Waals surface area contributed by atoms with E-state index in [-0.39, 0.29) is 11.0 Å². The maximum atomic E-state index is 12.7. The minimum atomic E-state index is -4.41. The second-order valence-electron chi connectivity index (χ2n) is 4.99. The molecule has 3 nitrogen and oxygen atoms in total. The van der Waals surface area contributed by atoms with Gasteiger partial charge < -0.3 is 10.2 Å². The van der Waals surface area contributed by atoms with Crippen LogP contribution in [-0.2, 0) is 6.18 Å². The third-order valence-corrected chi connectivity index (χ3v) is 3.70. The number of aromatic nitrogens is 1. The lowest BCUT2D eigenvalue weighted by atomic mass is 10.1. The lowest BCUT2D eigenvalue weighted by molar-refractivity contribution is -0.137. The molecule has 1 fully saturated rings. The van der Waals surface area contributed by atoms with Crippen LogP contribution in [0.3, 0.4) is 0 Å². The van der Waals surface area contributed by atoms with Gasteiger partial charge in [0.1, 0.15) is 11.0 Å². The van der Waals surface area contributed by atoms with Crippen molar-refractivity contribution < 1.29 is 13.2 Å². The van der Waals surface area contributed by atoms with E-state index in [0.717, 1.165) is 38.2 Å². The van der Waals surface area contributed by atoms with Gasteiger partial charge in [-0.2, -0.15) is 13.2 Å². The van der Waals surface area contributed by atoms with Crippen molar-refractivity contribution in [3.63, 3.8) is 0 Å². The number of anilines is 1. The molecule has 1 saturated heterocycles. The predicted molar refractivity (Wildman–Crippen MR) is 73.0 cm³/mol. The molecule has 0 saturated carbocycles. The van der Waals surface area contributed by atoms with Crippen molar-refractivity contribution in [1.82, 2.24) is 9.88 Å². The highest BCUT2D eigenvalue weighted by Gasteiger charge is 2.31. The molecule has 7 heteroatoms. The van der Waals surface area contributed by atoms with E-state index in [1.54, 1.807) is 0 Å². The van der Waals surface area contributed by atoms with Gasteiger partial charge in [0.2, 0.25) is 0 Å². The lowest BCUT2D eigenvalue weighted by Gasteiger charge is -2.15. The standard InChI is InChI=1S/C13H17ClF3N3/c1-2-20-4-3-9(8-20)7-18-12-6-10(13(15,16)17)5-11(14)19-12/h5-6,9H,2-4,7-8H2,1H3,(H,18,19). The molecule has 0 amide bonds. The number of alkyl halides is 3. The SMILES string of the molecule is CCN1CCC(CNc2cc(C(F)(F)F)cc(Cl)n2)C1. The Kier molecular flexibility index (Phi) is 4.75. The minimum Gasteiger partial charge on any atom is -0.370 e. The molecule has 0 radical (unpaired) electrons. The quantitative estimate of drug-likeness (QED) is 0.863. The van der Waals surface area contributed by atoms with Gasteiger partial charge in [-0.25, -0.2) is 4.98 Å². The van der Waals surface area contributed by atoms with Gasteiger partial charge in [0.15, 0.2) is 0 Å². The van der Waals surface area contributed by atoms with E-state index in [1.807, 2.05) is 0 Å². The first-order valence-corrected chi connectivity index (χ1v) is 6.97. The van der Waals surface area contributed by atoms with E-state index in [2.05, 4.69) is 22.1 Å². The number of nitrogens with zero attached hydrogens (tertiary/aromatic N) is 2. The normalized spacial score (nSPS) is 20.4. The third-order valence-electron chi connectivity index (χ3n) is 3.51. The molecule has 0 aromatic carbocycles. The van der Waals surface area contributed by atoms with Crippen LogP contribution < -0.4 is 5.32 Å².